The van der Waals surface area contributed by atoms with Crippen molar-refractivity contribution < 1.29 is 8.42 Å². The topological polar surface area (TPSA) is 78.7 Å². The monoisotopic (exact) mass is 511 g/mol. The normalized spacial score (nSPS) is 11.9. The first-order valence-electron chi connectivity index (χ1n) is 8.07. The Labute approximate surface area is 176 Å². The molecule has 0 unspecified atom stereocenters. The Morgan fingerprint density at radius 3 is 2.69 bits per heavy atom. The summed E-state index contributed by atoms with van der Waals surface area (Å²) < 4.78 is 29.1. The molecule has 2 heterocycles. The predicted molar refractivity (Wildman–Crippen MR) is 118 cm³/mol. The van der Waals surface area contributed by atoms with Gasteiger partial charge >= 0.3 is 0 Å². The summed E-state index contributed by atoms with van der Waals surface area (Å²) in [5, 5.41) is 4.98. The van der Waals surface area contributed by atoms with E-state index in [1.165, 1.54) is 17.0 Å². The Hall–Kier alpha value is -1.11. The van der Waals surface area contributed by atoms with Crippen molar-refractivity contribution in [3.05, 3.63) is 41.5 Å². The molecule has 0 saturated heterocycles. The number of guanidine groups is 1. The van der Waals surface area contributed by atoms with Crippen LogP contribution in [-0.4, -0.2) is 50.5 Å². The van der Waals surface area contributed by atoms with E-state index in [2.05, 4.69) is 25.7 Å². The van der Waals surface area contributed by atoms with E-state index in [0.717, 1.165) is 19.0 Å². The van der Waals surface area contributed by atoms with E-state index in [9.17, 15) is 8.42 Å². The fraction of sp³-hybridized carbons (Fsp3) is 0.438. The van der Waals surface area contributed by atoms with Crippen molar-refractivity contribution in [3.8, 4) is 0 Å². The zero-order valence-corrected chi connectivity index (χ0v) is 19.1. The number of hydrogen-bond acceptors (Lipinski definition) is 4. The molecule has 2 aromatic rings. The highest BCUT2D eigenvalue weighted by Gasteiger charge is 2.14. The summed E-state index contributed by atoms with van der Waals surface area (Å²) in [6.45, 7) is 4.09. The molecule has 0 aromatic carbocycles. The maximum Gasteiger partial charge on any atom is 0.250 e. The van der Waals surface area contributed by atoms with Gasteiger partial charge < -0.3 is 14.8 Å². The average Bonchev–Trinajstić information content (AvgIpc) is 3.23. The van der Waals surface area contributed by atoms with Gasteiger partial charge in [-0.2, -0.15) is 0 Å². The van der Waals surface area contributed by atoms with E-state index in [1.54, 1.807) is 17.5 Å². The molecule has 0 radical (unpaired) electrons. The number of sulfonamides is 1. The van der Waals surface area contributed by atoms with E-state index >= 15 is 0 Å². The molecule has 26 heavy (non-hydrogen) atoms. The summed E-state index contributed by atoms with van der Waals surface area (Å²) in [7, 11) is 0.537. The predicted octanol–water partition coefficient (Wildman–Crippen LogP) is 2.08. The van der Waals surface area contributed by atoms with Crippen molar-refractivity contribution in [1.29, 1.82) is 0 Å². The number of rotatable bonds is 8. The zero-order chi connectivity index (χ0) is 18.3. The molecule has 0 bridgehead atoms. The second-order valence-electron chi connectivity index (χ2n) is 5.53. The summed E-state index contributed by atoms with van der Waals surface area (Å²) in [5.41, 5.74) is 1.17. The van der Waals surface area contributed by atoms with Gasteiger partial charge in [0.25, 0.3) is 0 Å². The highest BCUT2D eigenvalue weighted by Crippen LogP contribution is 2.14. The molecule has 2 N–H and O–H groups in total. The number of aryl methyl sites for hydroxylation is 1. The molecule has 7 nitrogen and oxygen atoms in total. The standard InChI is InChI=1S/C16H25N5O2S2.HI/c1-4-17-16(21(3)13-14-7-5-11-20(14)2)18-9-10-19-25(22,23)15-8-6-12-24-15;/h5-8,11-12,19H,4,9-10,13H2,1-3H3,(H,17,18);1H. The lowest BCUT2D eigenvalue weighted by atomic mass is 10.4. The number of aromatic nitrogens is 1. The van der Waals surface area contributed by atoms with Crippen LogP contribution in [0.25, 0.3) is 0 Å². The third kappa shape index (κ3) is 6.56. The summed E-state index contributed by atoms with van der Waals surface area (Å²) in [6.07, 6.45) is 2.01. The van der Waals surface area contributed by atoms with Gasteiger partial charge in [0.2, 0.25) is 10.0 Å². The van der Waals surface area contributed by atoms with E-state index < -0.39 is 10.0 Å². The Morgan fingerprint density at radius 1 is 1.35 bits per heavy atom. The fourth-order valence-electron chi connectivity index (χ4n) is 2.28. The number of halogens is 1. The van der Waals surface area contributed by atoms with Gasteiger partial charge in [0.15, 0.2) is 5.96 Å². The molecular weight excluding hydrogens is 485 g/mol. The SMILES string of the molecule is CCNC(=NCCNS(=O)(=O)c1cccs1)N(C)Cc1cccn1C.I. The lowest BCUT2D eigenvalue weighted by Crippen LogP contribution is -2.39. The molecule has 2 rings (SSSR count). The first-order valence-corrected chi connectivity index (χ1v) is 10.4. The molecule has 0 amide bonds. The van der Waals surface area contributed by atoms with Gasteiger partial charge in [-0.3, -0.25) is 4.99 Å². The molecule has 0 aliphatic heterocycles. The van der Waals surface area contributed by atoms with Crippen molar-refractivity contribution in [3.63, 3.8) is 0 Å². The molecule has 2 aromatic heterocycles. The van der Waals surface area contributed by atoms with Crippen LogP contribution in [0.2, 0.25) is 0 Å². The van der Waals surface area contributed by atoms with Crippen LogP contribution in [0, 0.1) is 0 Å². The van der Waals surface area contributed by atoms with Crippen LogP contribution in [0.5, 0.6) is 0 Å². The molecule has 10 heteroatoms. The summed E-state index contributed by atoms with van der Waals surface area (Å²) in [6, 6.07) is 7.38. The molecule has 0 fully saturated rings. The van der Waals surface area contributed by atoms with E-state index in [4.69, 9.17) is 0 Å². The molecular formula is C16H26IN5O2S2. The van der Waals surface area contributed by atoms with E-state index in [-0.39, 0.29) is 30.5 Å². The molecule has 146 valence electrons. The zero-order valence-electron chi connectivity index (χ0n) is 15.2. The number of thiophene rings is 1. The molecule has 0 spiro atoms. The minimum absolute atomic E-state index is 0. The van der Waals surface area contributed by atoms with Crippen molar-refractivity contribution in [1.82, 2.24) is 19.5 Å². The van der Waals surface area contributed by atoms with Gasteiger partial charge in [-0.25, -0.2) is 13.1 Å². The van der Waals surface area contributed by atoms with Crippen molar-refractivity contribution in [2.24, 2.45) is 12.0 Å². The number of aliphatic imine (C=N–C) groups is 1. The first kappa shape index (κ1) is 22.9. The maximum absolute atomic E-state index is 12.1. The van der Waals surface area contributed by atoms with Crippen LogP contribution in [0.1, 0.15) is 12.6 Å². The van der Waals surface area contributed by atoms with Crippen LogP contribution in [0.4, 0.5) is 0 Å². The third-order valence-corrected chi connectivity index (χ3v) is 6.43. The van der Waals surface area contributed by atoms with E-state index in [1.807, 2.05) is 38.2 Å². The number of hydrogen-bond donors (Lipinski definition) is 2. The second kappa shape index (κ2) is 10.9. The van der Waals surface area contributed by atoms with Gasteiger partial charge in [-0.1, -0.05) is 6.07 Å². The Kier molecular flexibility index (Phi) is 9.61. The summed E-state index contributed by atoms with van der Waals surface area (Å²) in [5.74, 6) is 0.749. The Bertz CT molecular complexity index is 787. The lowest BCUT2D eigenvalue weighted by molar-refractivity contribution is 0.462. The molecule has 0 aliphatic carbocycles. The highest BCUT2D eigenvalue weighted by molar-refractivity contribution is 14.0. The third-order valence-electron chi connectivity index (χ3n) is 3.57. The van der Waals surface area contributed by atoms with Crippen LogP contribution < -0.4 is 10.0 Å². The van der Waals surface area contributed by atoms with Gasteiger partial charge in [-0.05, 0) is 30.5 Å². The fourth-order valence-corrected chi connectivity index (χ4v) is 4.34. The van der Waals surface area contributed by atoms with Gasteiger partial charge in [0, 0.05) is 39.1 Å². The van der Waals surface area contributed by atoms with Crippen molar-refractivity contribution in [2.75, 3.05) is 26.7 Å². The Morgan fingerprint density at radius 2 is 2.12 bits per heavy atom. The average molecular weight is 511 g/mol. The number of nitrogens with one attached hydrogen (secondary N) is 2. The number of nitrogens with zero attached hydrogens (tertiary/aromatic N) is 3. The molecule has 0 atom stereocenters. The maximum atomic E-state index is 12.1. The minimum atomic E-state index is -3.43. The largest absolute Gasteiger partial charge is 0.357 e. The van der Waals surface area contributed by atoms with Crippen LogP contribution in [0.3, 0.4) is 0 Å². The van der Waals surface area contributed by atoms with Gasteiger partial charge in [0.1, 0.15) is 4.21 Å². The van der Waals surface area contributed by atoms with Crippen LogP contribution in [-0.2, 0) is 23.6 Å². The van der Waals surface area contributed by atoms with Crippen molar-refractivity contribution in [2.45, 2.75) is 17.7 Å². The second-order valence-corrected chi connectivity index (χ2v) is 8.47. The highest BCUT2D eigenvalue weighted by atomic mass is 127. The summed E-state index contributed by atoms with van der Waals surface area (Å²) in [4.78, 5) is 6.53. The Balaban J connectivity index is 0.00000338. The minimum Gasteiger partial charge on any atom is -0.357 e. The van der Waals surface area contributed by atoms with Gasteiger partial charge in [-0.15, -0.1) is 35.3 Å². The van der Waals surface area contributed by atoms with Gasteiger partial charge in [0.05, 0.1) is 13.1 Å². The smallest absolute Gasteiger partial charge is 0.250 e. The molecule has 0 aliphatic rings. The first-order chi connectivity index (χ1) is 11.9. The lowest BCUT2D eigenvalue weighted by Gasteiger charge is -2.22. The van der Waals surface area contributed by atoms with Crippen molar-refractivity contribution >= 4 is 51.3 Å². The summed E-state index contributed by atoms with van der Waals surface area (Å²) >= 11 is 1.20. The van der Waals surface area contributed by atoms with Crippen LogP contribution >= 0.6 is 35.3 Å². The molecule has 0 saturated carbocycles. The quantitative estimate of drug-likeness (QED) is 0.246. The van der Waals surface area contributed by atoms with Crippen LogP contribution in [0.15, 0.2) is 45.0 Å². The van der Waals surface area contributed by atoms with E-state index in [0.29, 0.717) is 10.8 Å².